The Hall–Kier alpha value is -0.0800. The molecule has 0 aliphatic carbocycles. The first-order valence-corrected chi connectivity index (χ1v) is 3.86. The lowest BCUT2D eigenvalue weighted by atomic mass is 10.1. The molecule has 0 aromatic heterocycles. The number of ether oxygens (including phenoxy) is 1. The minimum Gasteiger partial charge on any atom is -0.368 e. The average molecular weight is 146 g/mol. The van der Waals surface area contributed by atoms with E-state index in [9.17, 15) is 0 Å². The Morgan fingerprint density at radius 1 is 1.20 bits per heavy atom. The fraction of sp³-hybridized carbons (Fsp3) is 1.00. The second kappa shape index (κ2) is 4.69. The van der Waals surface area contributed by atoms with E-state index >= 15 is 0 Å². The largest absolute Gasteiger partial charge is 0.368 e. The Morgan fingerprint density at radius 3 is 2.00 bits per heavy atom. The van der Waals surface area contributed by atoms with E-state index in [4.69, 9.17) is 9.84 Å². The average Bonchev–Trinajstić information content (AvgIpc) is 1.58. The molecule has 62 valence electrons. The van der Waals surface area contributed by atoms with Crippen molar-refractivity contribution in [2.75, 3.05) is 0 Å². The van der Waals surface area contributed by atoms with Crippen LogP contribution in [0.5, 0.6) is 0 Å². The van der Waals surface area contributed by atoms with Gasteiger partial charge in [0.05, 0.1) is 6.10 Å². The van der Waals surface area contributed by atoms with Crippen molar-refractivity contribution in [1.82, 2.24) is 0 Å². The van der Waals surface area contributed by atoms with E-state index in [2.05, 4.69) is 13.8 Å². The van der Waals surface area contributed by atoms with Gasteiger partial charge in [-0.2, -0.15) is 0 Å². The molecule has 0 amide bonds. The number of hydrogen-bond acceptors (Lipinski definition) is 2. The Morgan fingerprint density at radius 2 is 1.70 bits per heavy atom. The summed E-state index contributed by atoms with van der Waals surface area (Å²) in [5.74, 6) is 0.633. The predicted octanol–water partition coefficient (Wildman–Crippen LogP) is 1.78. The monoisotopic (exact) mass is 146 g/mol. The summed E-state index contributed by atoms with van der Waals surface area (Å²) >= 11 is 0. The maximum Gasteiger partial charge on any atom is 0.152 e. The highest BCUT2D eigenvalue weighted by Crippen LogP contribution is 2.08. The molecule has 0 fully saturated rings. The molecule has 2 unspecified atom stereocenters. The molecule has 0 rings (SSSR count). The molecule has 0 heterocycles. The van der Waals surface area contributed by atoms with Crippen molar-refractivity contribution in [3.8, 4) is 0 Å². The number of aliphatic hydroxyl groups is 1. The molecular formula is C8H18O2. The summed E-state index contributed by atoms with van der Waals surface area (Å²) < 4.78 is 5.12. The van der Waals surface area contributed by atoms with Gasteiger partial charge in [0, 0.05) is 0 Å². The lowest BCUT2D eigenvalue weighted by molar-refractivity contribution is -0.122. The highest BCUT2D eigenvalue weighted by Gasteiger charge is 2.06. The van der Waals surface area contributed by atoms with E-state index in [1.165, 1.54) is 0 Å². The Kier molecular flexibility index (Phi) is 4.65. The molecule has 2 atom stereocenters. The van der Waals surface area contributed by atoms with E-state index < -0.39 is 6.29 Å². The van der Waals surface area contributed by atoms with Crippen LogP contribution >= 0.6 is 0 Å². The molecule has 0 aliphatic rings. The van der Waals surface area contributed by atoms with Gasteiger partial charge in [0.25, 0.3) is 0 Å². The van der Waals surface area contributed by atoms with E-state index in [1.807, 2.05) is 6.92 Å². The van der Waals surface area contributed by atoms with Gasteiger partial charge in [-0.15, -0.1) is 0 Å². The molecule has 0 bridgehead atoms. The summed E-state index contributed by atoms with van der Waals surface area (Å²) in [7, 11) is 0. The van der Waals surface area contributed by atoms with Crippen molar-refractivity contribution in [3.05, 3.63) is 0 Å². The van der Waals surface area contributed by atoms with Gasteiger partial charge in [-0.1, -0.05) is 13.8 Å². The van der Waals surface area contributed by atoms with E-state index in [1.54, 1.807) is 6.92 Å². The zero-order valence-corrected chi connectivity index (χ0v) is 7.29. The summed E-state index contributed by atoms with van der Waals surface area (Å²) in [6.45, 7) is 7.90. The minimum atomic E-state index is -0.631. The number of aliphatic hydroxyl groups excluding tert-OH is 1. The van der Waals surface area contributed by atoms with Gasteiger partial charge in [0.1, 0.15) is 0 Å². The number of rotatable bonds is 4. The van der Waals surface area contributed by atoms with Crippen LogP contribution in [0.1, 0.15) is 34.1 Å². The standard InChI is InChI=1S/C8H18O2/c1-6(2)5-7(3)10-8(4)9/h6-9H,5H2,1-4H3. The van der Waals surface area contributed by atoms with Gasteiger partial charge in [-0.3, -0.25) is 0 Å². The molecule has 0 radical (unpaired) electrons. The maximum atomic E-state index is 8.81. The highest BCUT2D eigenvalue weighted by molar-refractivity contribution is 4.53. The summed E-state index contributed by atoms with van der Waals surface area (Å²) in [5, 5.41) is 8.81. The first-order chi connectivity index (χ1) is 4.52. The molecule has 0 aromatic carbocycles. The number of hydrogen-bond donors (Lipinski definition) is 1. The fourth-order valence-electron chi connectivity index (χ4n) is 1.06. The molecule has 2 heteroatoms. The van der Waals surface area contributed by atoms with Crippen LogP contribution in [0.25, 0.3) is 0 Å². The van der Waals surface area contributed by atoms with Crippen LogP contribution in [-0.2, 0) is 4.74 Å². The van der Waals surface area contributed by atoms with Crippen molar-refractivity contribution in [2.24, 2.45) is 5.92 Å². The van der Waals surface area contributed by atoms with Crippen LogP contribution in [-0.4, -0.2) is 17.5 Å². The Bertz CT molecular complexity index is 69.3. The summed E-state index contributed by atoms with van der Waals surface area (Å²) in [5.41, 5.74) is 0. The maximum absolute atomic E-state index is 8.81. The Balaban J connectivity index is 3.34. The van der Waals surface area contributed by atoms with Crippen LogP contribution < -0.4 is 0 Å². The molecule has 0 aromatic rings. The van der Waals surface area contributed by atoms with Gasteiger partial charge in [-0.05, 0) is 26.2 Å². The first kappa shape index (κ1) is 9.92. The van der Waals surface area contributed by atoms with E-state index in [0.29, 0.717) is 5.92 Å². The summed E-state index contributed by atoms with van der Waals surface area (Å²) in [6.07, 6.45) is 0.541. The van der Waals surface area contributed by atoms with Crippen LogP contribution in [0.4, 0.5) is 0 Å². The van der Waals surface area contributed by atoms with Gasteiger partial charge >= 0.3 is 0 Å². The van der Waals surface area contributed by atoms with E-state index in [-0.39, 0.29) is 6.10 Å². The second-order valence-electron chi connectivity index (χ2n) is 3.18. The lowest BCUT2D eigenvalue weighted by Crippen LogP contribution is -2.17. The molecule has 1 N–H and O–H groups in total. The van der Waals surface area contributed by atoms with Gasteiger partial charge in [0.15, 0.2) is 6.29 Å². The molecule has 10 heavy (non-hydrogen) atoms. The van der Waals surface area contributed by atoms with Crippen molar-refractivity contribution in [1.29, 1.82) is 0 Å². The Labute approximate surface area is 63.2 Å². The van der Waals surface area contributed by atoms with Gasteiger partial charge < -0.3 is 9.84 Å². The molecule has 0 spiro atoms. The molecule has 0 aliphatic heterocycles. The van der Waals surface area contributed by atoms with Crippen LogP contribution in [0, 0.1) is 5.92 Å². The first-order valence-electron chi connectivity index (χ1n) is 3.86. The zero-order valence-electron chi connectivity index (χ0n) is 7.29. The third-order valence-electron chi connectivity index (χ3n) is 1.23. The quantitative estimate of drug-likeness (QED) is 0.612. The van der Waals surface area contributed by atoms with Crippen molar-refractivity contribution < 1.29 is 9.84 Å². The van der Waals surface area contributed by atoms with E-state index in [0.717, 1.165) is 6.42 Å². The van der Waals surface area contributed by atoms with Crippen LogP contribution in [0.2, 0.25) is 0 Å². The summed E-state index contributed by atoms with van der Waals surface area (Å²) in [6, 6.07) is 0. The topological polar surface area (TPSA) is 29.5 Å². The lowest BCUT2D eigenvalue weighted by Gasteiger charge is -2.16. The predicted molar refractivity (Wildman–Crippen MR) is 41.7 cm³/mol. The third-order valence-corrected chi connectivity index (χ3v) is 1.23. The SMILES string of the molecule is CC(C)CC(C)OC(C)O. The fourth-order valence-corrected chi connectivity index (χ4v) is 1.06. The molecule has 0 saturated carbocycles. The molecule has 0 saturated heterocycles. The second-order valence-corrected chi connectivity index (χ2v) is 3.18. The van der Waals surface area contributed by atoms with Crippen molar-refractivity contribution in [3.63, 3.8) is 0 Å². The van der Waals surface area contributed by atoms with Crippen LogP contribution in [0.3, 0.4) is 0 Å². The molecule has 2 nitrogen and oxygen atoms in total. The van der Waals surface area contributed by atoms with Crippen LogP contribution in [0.15, 0.2) is 0 Å². The van der Waals surface area contributed by atoms with Gasteiger partial charge in [0.2, 0.25) is 0 Å². The van der Waals surface area contributed by atoms with Gasteiger partial charge in [-0.25, -0.2) is 0 Å². The molecular weight excluding hydrogens is 128 g/mol. The summed E-state index contributed by atoms with van der Waals surface area (Å²) in [4.78, 5) is 0. The smallest absolute Gasteiger partial charge is 0.152 e. The van der Waals surface area contributed by atoms with Crippen molar-refractivity contribution in [2.45, 2.75) is 46.5 Å². The minimum absolute atomic E-state index is 0.167. The van der Waals surface area contributed by atoms with Crippen molar-refractivity contribution >= 4 is 0 Å². The third kappa shape index (κ3) is 6.05. The normalized spacial score (nSPS) is 17.4. The zero-order chi connectivity index (χ0) is 8.15. The highest BCUT2D eigenvalue weighted by atomic mass is 16.6.